The number of nitrogens with zero attached hydrogens (tertiary/aromatic N) is 1. The Labute approximate surface area is 104 Å². The van der Waals surface area contributed by atoms with E-state index < -0.39 is 0 Å². The molecule has 0 spiro atoms. The molecule has 2 rings (SSSR count). The van der Waals surface area contributed by atoms with Gasteiger partial charge in [-0.1, -0.05) is 32.9 Å². The summed E-state index contributed by atoms with van der Waals surface area (Å²) in [5.74, 6) is 0. The van der Waals surface area contributed by atoms with Gasteiger partial charge in [-0.3, -0.25) is 0 Å². The molecular formula is C15H22NO. The largest absolute Gasteiger partial charge is 0.395 e. The first kappa shape index (κ1) is 12.4. The number of rotatable bonds is 2. The number of aliphatic hydroxyl groups is 1. The van der Waals surface area contributed by atoms with Crippen molar-refractivity contribution < 1.29 is 5.11 Å². The number of hydrogen-bond donors (Lipinski definition) is 1. The molecule has 1 N–H and O–H groups in total. The number of hydrogen-bond acceptors (Lipinski definition) is 2. The first-order valence-corrected chi connectivity index (χ1v) is 6.36. The molecule has 2 heteroatoms. The van der Waals surface area contributed by atoms with Gasteiger partial charge in [-0.25, -0.2) is 0 Å². The summed E-state index contributed by atoms with van der Waals surface area (Å²) < 4.78 is 0. The Kier molecular flexibility index (Phi) is 3.43. The van der Waals surface area contributed by atoms with Gasteiger partial charge in [0.05, 0.1) is 6.61 Å². The summed E-state index contributed by atoms with van der Waals surface area (Å²) in [6.45, 7) is 8.69. The van der Waals surface area contributed by atoms with E-state index in [1.807, 2.05) is 0 Å². The molecule has 1 heterocycles. The van der Waals surface area contributed by atoms with E-state index in [1.165, 1.54) is 16.8 Å². The second-order valence-electron chi connectivity index (χ2n) is 5.73. The number of aliphatic hydroxyl groups excluding tert-OH is 1. The van der Waals surface area contributed by atoms with Gasteiger partial charge in [-0.05, 0) is 35.4 Å². The molecule has 0 amide bonds. The normalized spacial score (nSPS) is 15.9. The summed E-state index contributed by atoms with van der Waals surface area (Å²) in [4.78, 5) is 2.27. The van der Waals surface area contributed by atoms with Crippen molar-refractivity contribution in [2.24, 2.45) is 0 Å². The molecule has 1 radical (unpaired) electrons. The van der Waals surface area contributed by atoms with Crippen molar-refractivity contribution in [1.82, 2.24) is 0 Å². The van der Waals surface area contributed by atoms with E-state index in [0.29, 0.717) is 0 Å². The standard InChI is InChI=1S/C15H22NO/c1-15(2,3)13-6-7-14-12(11-13)5-4-8-16(14)9-10-17/h5-7,11,17H,4,8-10H2,1-3H3. The second-order valence-corrected chi connectivity index (χ2v) is 5.73. The topological polar surface area (TPSA) is 23.5 Å². The van der Waals surface area contributed by atoms with E-state index in [-0.39, 0.29) is 12.0 Å². The highest BCUT2D eigenvalue weighted by molar-refractivity contribution is 5.60. The van der Waals surface area contributed by atoms with Gasteiger partial charge in [0.2, 0.25) is 0 Å². The molecule has 0 bridgehead atoms. The summed E-state index contributed by atoms with van der Waals surface area (Å²) in [6.07, 6.45) is 3.37. The van der Waals surface area contributed by atoms with Crippen LogP contribution in [-0.2, 0) is 5.41 Å². The molecule has 0 saturated carbocycles. The van der Waals surface area contributed by atoms with E-state index in [9.17, 15) is 0 Å². The summed E-state index contributed by atoms with van der Waals surface area (Å²) >= 11 is 0. The Hall–Kier alpha value is -1.02. The molecule has 1 aromatic rings. The van der Waals surface area contributed by atoms with Gasteiger partial charge in [0.25, 0.3) is 0 Å². The Morgan fingerprint density at radius 1 is 1.29 bits per heavy atom. The van der Waals surface area contributed by atoms with Crippen LogP contribution in [0.3, 0.4) is 0 Å². The molecule has 1 aliphatic heterocycles. The van der Waals surface area contributed by atoms with E-state index >= 15 is 0 Å². The average molecular weight is 232 g/mol. The SMILES string of the molecule is CC(C)(C)c1ccc2c(c1)[CH]CCN2CCO. The third-order valence-corrected chi connectivity index (χ3v) is 3.37. The van der Waals surface area contributed by atoms with Gasteiger partial charge in [-0.2, -0.15) is 0 Å². The summed E-state index contributed by atoms with van der Waals surface area (Å²) in [5, 5.41) is 9.08. The number of fused-ring (bicyclic) bond motifs is 1. The van der Waals surface area contributed by atoms with Gasteiger partial charge in [0.1, 0.15) is 0 Å². The zero-order valence-corrected chi connectivity index (χ0v) is 11.0. The molecule has 2 nitrogen and oxygen atoms in total. The Morgan fingerprint density at radius 2 is 2.06 bits per heavy atom. The third-order valence-electron chi connectivity index (χ3n) is 3.37. The third kappa shape index (κ3) is 2.63. The second kappa shape index (κ2) is 4.69. The van der Waals surface area contributed by atoms with Crippen LogP contribution in [0, 0.1) is 6.42 Å². The predicted octanol–water partition coefficient (Wildman–Crippen LogP) is 2.74. The maximum Gasteiger partial charge on any atom is 0.0606 e. The van der Waals surface area contributed by atoms with Crippen LogP contribution >= 0.6 is 0 Å². The zero-order chi connectivity index (χ0) is 12.5. The highest BCUT2D eigenvalue weighted by Crippen LogP contribution is 2.32. The number of benzene rings is 1. The van der Waals surface area contributed by atoms with E-state index in [2.05, 4.69) is 50.3 Å². The van der Waals surface area contributed by atoms with Crippen molar-refractivity contribution in [3.63, 3.8) is 0 Å². The van der Waals surface area contributed by atoms with Gasteiger partial charge >= 0.3 is 0 Å². The molecular weight excluding hydrogens is 210 g/mol. The lowest BCUT2D eigenvalue weighted by Gasteiger charge is -2.32. The maximum atomic E-state index is 9.08. The molecule has 17 heavy (non-hydrogen) atoms. The van der Waals surface area contributed by atoms with E-state index in [4.69, 9.17) is 5.11 Å². The van der Waals surface area contributed by atoms with Crippen molar-refractivity contribution in [2.45, 2.75) is 32.6 Å². The van der Waals surface area contributed by atoms with Crippen LogP contribution in [-0.4, -0.2) is 24.8 Å². The van der Waals surface area contributed by atoms with Gasteiger partial charge in [0.15, 0.2) is 0 Å². The van der Waals surface area contributed by atoms with Gasteiger partial charge < -0.3 is 10.0 Å². The van der Waals surface area contributed by atoms with Gasteiger partial charge in [0, 0.05) is 18.8 Å². The van der Waals surface area contributed by atoms with Crippen LogP contribution in [0.1, 0.15) is 38.3 Å². The molecule has 0 atom stereocenters. The number of anilines is 1. The summed E-state index contributed by atoms with van der Waals surface area (Å²) in [5.41, 5.74) is 4.15. The fraction of sp³-hybridized carbons (Fsp3) is 0.533. The highest BCUT2D eigenvalue weighted by Gasteiger charge is 2.20. The van der Waals surface area contributed by atoms with Crippen molar-refractivity contribution in [2.75, 3.05) is 24.6 Å². The molecule has 93 valence electrons. The minimum atomic E-state index is 0.197. The summed E-state index contributed by atoms with van der Waals surface area (Å²) in [7, 11) is 0. The fourth-order valence-corrected chi connectivity index (χ4v) is 2.32. The smallest absolute Gasteiger partial charge is 0.0606 e. The first-order chi connectivity index (χ1) is 8.02. The minimum absolute atomic E-state index is 0.197. The summed E-state index contributed by atoms with van der Waals surface area (Å²) in [6, 6.07) is 6.70. The zero-order valence-electron chi connectivity index (χ0n) is 11.0. The molecule has 0 saturated heterocycles. The molecule has 0 fully saturated rings. The Balaban J connectivity index is 2.33. The van der Waals surface area contributed by atoms with E-state index in [0.717, 1.165) is 19.5 Å². The van der Waals surface area contributed by atoms with Gasteiger partial charge in [-0.15, -0.1) is 0 Å². The van der Waals surface area contributed by atoms with Crippen LogP contribution < -0.4 is 4.90 Å². The molecule has 1 aliphatic rings. The molecule has 1 aromatic carbocycles. The average Bonchev–Trinajstić information content (AvgIpc) is 2.28. The van der Waals surface area contributed by atoms with Crippen molar-refractivity contribution in [3.05, 3.63) is 35.7 Å². The first-order valence-electron chi connectivity index (χ1n) is 6.36. The van der Waals surface area contributed by atoms with Crippen LogP contribution in [0.5, 0.6) is 0 Å². The Bertz CT molecular complexity index is 392. The fourth-order valence-electron chi connectivity index (χ4n) is 2.32. The lowest BCUT2D eigenvalue weighted by molar-refractivity contribution is 0.301. The predicted molar refractivity (Wildman–Crippen MR) is 72.5 cm³/mol. The van der Waals surface area contributed by atoms with E-state index in [1.54, 1.807) is 0 Å². The lowest BCUT2D eigenvalue weighted by Crippen LogP contribution is -2.31. The van der Waals surface area contributed by atoms with Crippen LogP contribution in [0.2, 0.25) is 0 Å². The molecule has 0 aliphatic carbocycles. The lowest BCUT2D eigenvalue weighted by atomic mass is 9.84. The highest BCUT2D eigenvalue weighted by atomic mass is 16.3. The number of β-amino-alcohol motifs (C(OH)–C–C–N with tert-alkyl or cyclic N) is 1. The van der Waals surface area contributed by atoms with Crippen LogP contribution in [0.25, 0.3) is 0 Å². The maximum absolute atomic E-state index is 9.08. The van der Waals surface area contributed by atoms with Crippen molar-refractivity contribution >= 4 is 5.69 Å². The van der Waals surface area contributed by atoms with Crippen molar-refractivity contribution in [3.8, 4) is 0 Å². The minimum Gasteiger partial charge on any atom is -0.395 e. The van der Waals surface area contributed by atoms with Crippen molar-refractivity contribution in [1.29, 1.82) is 0 Å². The van der Waals surface area contributed by atoms with Crippen LogP contribution in [0.4, 0.5) is 5.69 Å². The monoisotopic (exact) mass is 232 g/mol. The molecule has 0 aromatic heterocycles. The Morgan fingerprint density at radius 3 is 2.71 bits per heavy atom. The quantitative estimate of drug-likeness (QED) is 0.847. The molecule has 0 unspecified atom stereocenters. The van der Waals surface area contributed by atoms with Crippen LogP contribution in [0.15, 0.2) is 18.2 Å².